The molecule has 0 bridgehead atoms. The largest absolute Gasteiger partial charge is 0.497 e. The molecule has 0 aliphatic rings. The second kappa shape index (κ2) is 8.77. The van der Waals surface area contributed by atoms with Gasteiger partial charge in [-0.05, 0) is 36.8 Å². The van der Waals surface area contributed by atoms with Crippen molar-refractivity contribution >= 4 is 17.6 Å². The molecule has 2 N–H and O–H groups in total. The smallest absolute Gasteiger partial charge is 0.274 e. The van der Waals surface area contributed by atoms with Gasteiger partial charge in [-0.1, -0.05) is 29.8 Å². The van der Waals surface area contributed by atoms with Gasteiger partial charge in [0.25, 0.3) is 11.8 Å². The van der Waals surface area contributed by atoms with E-state index in [1.807, 2.05) is 43.3 Å². The molecular formula is C21H20N4O3. The lowest BCUT2D eigenvalue weighted by molar-refractivity contribution is 0.0946. The highest BCUT2D eigenvalue weighted by molar-refractivity contribution is 6.07. The van der Waals surface area contributed by atoms with Crippen LogP contribution in [0.5, 0.6) is 5.75 Å². The summed E-state index contributed by atoms with van der Waals surface area (Å²) in [4.78, 5) is 33.1. The van der Waals surface area contributed by atoms with Crippen LogP contribution in [0.15, 0.2) is 60.9 Å². The molecule has 0 unspecified atom stereocenters. The number of aryl methyl sites for hydroxylation is 1. The van der Waals surface area contributed by atoms with Gasteiger partial charge < -0.3 is 15.4 Å². The molecule has 1 heterocycles. The Hall–Kier alpha value is -3.74. The first-order chi connectivity index (χ1) is 13.6. The molecule has 2 amide bonds. The van der Waals surface area contributed by atoms with E-state index < -0.39 is 5.91 Å². The first-order valence-corrected chi connectivity index (χ1v) is 8.67. The Bertz CT molecular complexity index is 970. The molecule has 0 radical (unpaired) electrons. The first-order valence-electron chi connectivity index (χ1n) is 8.67. The van der Waals surface area contributed by atoms with Crippen LogP contribution in [0.1, 0.15) is 32.0 Å². The molecule has 0 fully saturated rings. The Morgan fingerprint density at radius 3 is 2.29 bits per heavy atom. The number of carbonyl (C=O) groups is 2. The molecule has 142 valence electrons. The summed E-state index contributed by atoms with van der Waals surface area (Å²) in [6.07, 6.45) is 2.83. The van der Waals surface area contributed by atoms with E-state index in [0.717, 1.165) is 16.9 Å². The minimum Gasteiger partial charge on any atom is -0.497 e. The number of benzene rings is 2. The monoisotopic (exact) mass is 376 g/mol. The summed E-state index contributed by atoms with van der Waals surface area (Å²) < 4.78 is 5.11. The predicted octanol–water partition coefficient (Wildman–Crippen LogP) is 2.98. The summed E-state index contributed by atoms with van der Waals surface area (Å²) in [6.45, 7) is 2.25. The molecule has 0 aliphatic carbocycles. The number of nitrogens with zero attached hydrogens (tertiary/aromatic N) is 2. The van der Waals surface area contributed by atoms with Crippen LogP contribution in [-0.2, 0) is 6.54 Å². The fraction of sp³-hybridized carbons (Fsp3) is 0.143. The van der Waals surface area contributed by atoms with Gasteiger partial charge in [0.15, 0.2) is 11.5 Å². The molecule has 3 aromatic rings. The molecule has 7 heteroatoms. The summed E-state index contributed by atoms with van der Waals surface area (Å²) in [5.74, 6) is 0.0678. The molecule has 1 aromatic heterocycles. The van der Waals surface area contributed by atoms with Crippen molar-refractivity contribution in [1.29, 1.82) is 0 Å². The van der Waals surface area contributed by atoms with Crippen molar-refractivity contribution < 1.29 is 14.3 Å². The summed E-state index contributed by atoms with van der Waals surface area (Å²) in [5, 5.41) is 5.43. The highest BCUT2D eigenvalue weighted by Crippen LogP contribution is 2.13. The lowest BCUT2D eigenvalue weighted by atomic mass is 10.1. The number of hydrogen-bond acceptors (Lipinski definition) is 5. The average Bonchev–Trinajstić information content (AvgIpc) is 2.73. The second-order valence-corrected chi connectivity index (χ2v) is 6.10. The van der Waals surface area contributed by atoms with Gasteiger partial charge in [-0.15, -0.1) is 0 Å². The number of rotatable bonds is 6. The first kappa shape index (κ1) is 19.0. The fourth-order valence-electron chi connectivity index (χ4n) is 2.49. The Morgan fingerprint density at radius 1 is 0.929 bits per heavy atom. The molecule has 7 nitrogen and oxygen atoms in total. The molecule has 3 rings (SSSR count). The third-order valence-electron chi connectivity index (χ3n) is 4.07. The van der Waals surface area contributed by atoms with Crippen LogP contribution in [0.25, 0.3) is 0 Å². The van der Waals surface area contributed by atoms with Gasteiger partial charge in [0.1, 0.15) is 5.75 Å². The fourth-order valence-corrected chi connectivity index (χ4v) is 2.49. The third kappa shape index (κ3) is 4.70. The van der Waals surface area contributed by atoms with Crippen molar-refractivity contribution in [1.82, 2.24) is 15.3 Å². The molecular weight excluding hydrogens is 356 g/mol. The van der Waals surface area contributed by atoms with Crippen LogP contribution in [0, 0.1) is 6.92 Å². The number of nitrogens with one attached hydrogen (secondary N) is 2. The van der Waals surface area contributed by atoms with E-state index in [9.17, 15) is 9.59 Å². The number of aromatic nitrogens is 2. The summed E-state index contributed by atoms with van der Waals surface area (Å²) in [5.41, 5.74) is 2.48. The maximum atomic E-state index is 12.5. The van der Waals surface area contributed by atoms with E-state index in [1.165, 1.54) is 12.4 Å². The van der Waals surface area contributed by atoms with Crippen LogP contribution in [0.2, 0.25) is 0 Å². The molecule has 0 saturated carbocycles. The summed E-state index contributed by atoms with van der Waals surface area (Å²) in [6, 6.07) is 14.5. The number of amides is 2. The van der Waals surface area contributed by atoms with E-state index in [-0.39, 0.29) is 17.4 Å². The van der Waals surface area contributed by atoms with Crippen LogP contribution in [-0.4, -0.2) is 28.9 Å². The molecule has 0 spiro atoms. The van der Waals surface area contributed by atoms with Crippen LogP contribution in [0.4, 0.5) is 5.82 Å². The Labute approximate surface area is 162 Å². The van der Waals surface area contributed by atoms with Gasteiger partial charge in [-0.3, -0.25) is 9.59 Å². The zero-order valence-corrected chi connectivity index (χ0v) is 15.6. The molecule has 0 saturated heterocycles. The van der Waals surface area contributed by atoms with Crippen molar-refractivity contribution in [3.05, 3.63) is 83.3 Å². The van der Waals surface area contributed by atoms with Gasteiger partial charge in [0.05, 0.1) is 7.11 Å². The van der Waals surface area contributed by atoms with Gasteiger partial charge >= 0.3 is 0 Å². The van der Waals surface area contributed by atoms with Crippen LogP contribution < -0.4 is 15.4 Å². The van der Waals surface area contributed by atoms with Crippen LogP contribution >= 0.6 is 0 Å². The predicted molar refractivity (Wildman–Crippen MR) is 105 cm³/mol. The quantitative estimate of drug-likeness (QED) is 0.690. The Balaban J connectivity index is 1.69. The van der Waals surface area contributed by atoms with Crippen molar-refractivity contribution in [2.24, 2.45) is 0 Å². The number of carbonyl (C=O) groups excluding carboxylic acids is 2. The standard InChI is InChI=1S/C21H20N4O3/c1-14-3-7-16(8-4-14)20(26)25-19-18(22-11-12-23-19)21(27)24-13-15-5-9-17(28-2)10-6-15/h3-12H,13H2,1-2H3,(H,24,27)(H,23,25,26). The van der Waals surface area contributed by atoms with E-state index in [4.69, 9.17) is 4.74 Å². The average molecular weight is 376 g/mol. The van der Waals surface area contributed by atoms with Crippen LogP contribution in [0.3, 0.4) is 0 Å². The zero-order valence-electron chi connectivity index (χ0n) is 15.6. The minimum absolute atomic E-state index is 0.0523. The van der Waals surface area contributed by atoms with E-state index in [0.29, 0.717) is 12.1 Å². The highest BCUT2D eigenvalue weighted by atomic mass is 16.5. The Morgan fingerprint density at radius 2 is 1.61 bits per heavy atom. The van der Waals surface area contributed by atoms with Gasteiger partial charge in [-0.2, -0.15) is 0 Å². The minimum atomic E-state index is -0.428. The SMILES string of the molecule is COc1ccc(CNC(=O)c2nccnc2NC(=O)c2ccc(C)cc2)cc1. The number of ether oxygens (including phenoxy) is 1. The van der Waals surface area contributed by atoms with Gasteiger partial charge in [0.2, 0.25) is 0 Å². The molecule has 28 heavy (non-hydrogen) atoms. The van der Waals surface area contributed by atoms with Gasteiger partial charge in [0, 0.05) is 24.5 Å². The summed E-state index contributed by atoms with van der Waals surface area (Å²) in [7, 11) is 1.59. The van der Waals surface area contributed by atoms with E-state index in [2.05, 4.69) is 20.6 Å². The highest BCUT2D eigenvalue weighted by Gasteiger charge is 2.17. The van der Waals surface area contributed by atoms with Crippen molar-refractivity contribution in [2.75, 3.05) is 12.4 Å². The van der Waals surface area contributed by atoms with Gasteiger partial charge in [-0.25, -0.2) is 9.97 Å². The van der Waals surface area contributed by atoms with Crippen molar-refractivity contribution in [3.8, 4) is 5.75 Å². The van der Waals surface area contributed by atoms with E-state index >= 15 is 0 Å². The number of hydrogen-bond donors (Lipinski definition) is 2. The Kier molecular flexibility index (Phi) is 5.96. The number of anilines is 1. The lowest BCUT2D eigenvalue weighted by Gasteiger charge is -2.10. The normalized spacial score (nSPS) is 10.2. The maximum absolute atomic E-state index is 12.5. The zero-order chi connectivity index (χ0) is 19.9. The topological polar surface area (TPSA) is 93.2 Å². The summed E-state index contributed by atoms with van der Waals surface area (Å²) >= 11 is 0. The van der Waals surface area contributed by atoms with Crippen molar-refractivity contribution in [3.63, 3.8) is 0 Å². The lowest BCUT2D eigenvalue weighted by Crippen LogP contribution is -2.26. The molecule has 0 aliphatic heterocycles. The maximum Gasteiger partial charge on any atom is 0.274 e. The molecule has 0 atom stereocenters. The third-order valence-corrected chi connectivity index (χ3v) is 4.07. The van der Waals surface area contributed by atoms with Crippen molar-refractivity contribution in [2.45, 2.75) is 13.5 Å². The molecule has 2 aromatic carbocycles. The second-order valence-electron chi connectivity index (χ2n) is 6.10. The number of methoxy groups -OCH3 is 1. The van der Waals surface area contributed by atoms with E-state index in [1.54, 1.807) is 19.2 Å².